The van der Waals surface area contributed by atoms with E-state index in [1.54, 1.807) is 0 Å². The van der Waals surface area contributed by atoms with Crippen molar-refractivity contribution in [2.24, 2.45) is 5.92 Å². The van der Waals surface area contributed by atoms with Gasteiger partial charge in [-0.15, -0.1) is 0 Å². The molecule has 0 spiro atoms. The van der Waals surface area contributed by atoms with Crippen LogP contribution in [0.1, 0.15) is 19.8 Å². The molecular weight excluding hydrogens is 190 g/mol. The average Bonchev–Trinajstić information content (AvgIpc) is 2.27. The molecule has 0 saturated carbocycles. The fourth-order valence-electron chi connectivity index (χ4n) is 2.21. The molecule has 1 heterocycles. The van der Waals surface area contributed by atoms with E-state index in [1.807, 2.05) is 30.9 Å². The maximum Gasteiger partial charge on any atom is 0.241 e. The predicted molar refractivity (Wildman–Crippen MR) is 61.5 cm³/mol. The SMILES string of the molecule is CNC1C(=O)N(CN(C)C)CCCC1C. The zero-order chi connectivity index (χ0) is 11.4. The van der Waals surface area contributed by atoms with Crippen molar-refractivity contribution in [3.8, 4) is 0 Å². The predicted octanol–water partition coefficient (Wildman–Crippen LogP) is 0.352. The zero-order valence-electron chi connectivity index (χ0n) is 10.3. The Morgan fingerprint density at radius 1 is 1.53 bits per heavy atom. The van der Waals surface area contributed by atoms with Crippen LogP contribution in [-0.4, -0.2) is 56.1 Å². The van der Waals surface area contributed by atoms with E-state index in [4.69, 9.17) is 0 Å². The Kier molecular flexibility index (Phi) is 4.54. The lowest BCUT2D eigenvalue weighted by atomic mass is 9.98. The van der Waals surface area contributed by atoms with Gasteiger partial charge in [0.15, 0.2) is 0 Å². The van der Waals surface area contributed by atoms with E-state index >= 15 is 0 Å². The number of amides is 1. The van der Waals surface area contributed by atoms with Crippen molar-refractivity contribution in [3.63, 3.8) is 0 Å². The van der Waals surface area contributed by atoms with E-state index in [0.29, 0.717) is 5.92 Å². The van der Waals surface area contributed by atoms with E-state index in [2.05, 4.69) is 12.2 Å². The van der Waals surface area contributed by atoms with Crippen LogP contribution in [0.15, 0.2) is 0 Å². The average molecular weight is 213 g/mol. The van der Waals surface area contributed by atoms with Crippen LogP contribution in [0.3, 0.4) is 0 Å². The third kappa shape index (κ3) is 3.18. The van der Waals surface area contributed by atoms with Crippen molar-refractivity contribution < 1.29 is 4.79 Å². The van der Waals surface area contributed by atoms with Crippen LogP contribution >= 0.6 is 0 Å². The smallest absolute Gasteiger partial charge is 0.241 e. The van der Waals surface area contributed by atoms with Gasteiger partial charge >= 0.3 is 0 Å². The van der Waals surface area contributed by atoms with Crippen molar-refractivity contribution in [2.45, 2.75) is 25.8 Å². The number of rotatable bonds is 3. The largest absolute Gasteiger partial charge is 0.328 e. The summed E-state index contributed by atoms with van der Waals surface area (Å²) >= 11 is 0. The van der Waals surface area contributed by atoms with Gasteiger partial charge in [-0.1, -0.05) is 6.92 Å². The van der Waals surface area contributed by atoms with Gasteiger partial charge in [-0.25, -0.2) is 0 Å². The van der Waals surface area contributed by atoms with E-state index in [0.717, 1.165) is 26.1 Å². The number of nitrogens with one attached hydrogen (secondary N) is 1. The van der Waals surface area contributed by atoms with Crippen LogP contribution in [0.2, 0.25) is 0 Å². The summed E-state index contributed by atoms with van der Waals surface area (Å²) in [7, 11) is 5.87. The molecule has 88 valence electrons. The van der Waals surface area contributed by atoms with Gasteiger partial charge in [0.25, 0.3) is 0 Å². The van der Waals surface area contributed by atoms with Crippen molar-refractivity contribution in [3.05, 3.63) is 0 Å². The van der Waals surface area contributed by atoms with E-state index in [-0.39, 0.29) is 11.9 Å². The summed E-state index contributed by atoms with van der Waals surface area (Å²) in [5.74, 6) is 0.686. The number of likely N-dealkylation sites (N-methyl/N-ethyl adjacent to an activating group) is 1. The quantitative estimate of drug-likeness (QED) is 0.735. The fourth-order valence-corrected chi connectivity index (χ4v) is 2.21. The molecule has 0 aromatic heterocycles. The van der Waals surface area contributed by atoms with Crippen LogP contribution in [-0.2, 0) is 4.79 Å². The highest BCUT2D eigenvalue weighted by molar-refractivity contribution is 5.82. The number of carbonyl (C=O) groups excluding carboxylic acids is 1. The second-order valence-electron chi connectivity index (χ2n) is 4.71. The molecule has 1 rings (SSSR count). The lowest BCUT2D eigenvalue weighted by Crippen LogP contribution is -2.49. The number of hydrogen-bond acceptors (Lipinski definition) is 3. The number of nitrogens with zero attached hydrogens (tertiary/aromatic N) is 2. The second-order valence-corrected chi connectivity index (χ2v) is 4.71. The summed E-state index contributed by atoms with van der Waals surface area (Å²) in [5.41, 5.74) is 0. The second kappa shape index (κ2) is 5.47. The standard InChI is InChI=1S/C11H23N3O/c1-9-6-5-7-14(8-13(3)4)11(15)10(9)12-2/h9-10,12H,5-8H2,1-4H3. The zero-order valence-corrected chi connectivity index (χ0v) is 10.3. The molecule has 2 unspecified atom stereocenters. The van der Waals surface area contributed by atoms with Gasteiger partial charge in [-0.2, -0.15) is 0 Å². The molecule has 0 radical (unpaired) electrons. The first-order valence-electron chi connectivity index (χ1n) is 5.67. The highest BCUT2D eigenvalue weighted by Gasteiger charge is 2.30. The summed E-state index contributed by atoms with van der Waals surface area (Å²) in [6.07, 6.45) is 2.24. The molecule has 2 atom stereocenters. The van der Waals surface area contributed by atoms with Crippen molar-refractivity contribution in [2.75, 3.05) is 34.4 Å². The van der Waals surface area contributed by atoms with Gasteiger partial charge in [-0.3, -0.25) is 9.69 Å². The van der Waals surface area contributed by atoms with E-state index < -0.39 is 0 Å². The summed E-state index contributed by atoms with van der Waals surface area (Å²) in [4.78, 5) is 16.2. The summed E-state index contributed by atoms with van der Waals surface area (Å²) < 4.78 is 0. The topological polar surface area (TPSA) is 35.6 Å². The molecule has 1 N–H and O–H groups in total. The summed E-state index contributed by atoms with van der Waals surface area (Å²) in [6, 6.07) is -0.00699. The molecule has 1 aliphatic rings. The fraction of sp³-hybridized carbons (Fsp3) is 0.909. The third-order valence-corrected chi connectivity index (χ3v) is 3.00. The lowest BCUT2D eigenvalue weighted by Gasteiger charge is -2.28. The summed E-state index contributed by atoms with van der Waals surface area (Å²) in [5, 5.41) is 3.14. The van der Waals surface area contributed by atoms with Gasteiger partial charge in [0.1, 0.15) is 0 Å². The van der Waals surface area contributed by atoms with Crippen LogP contribution < -0.4 is 5.32 Å². The van der Waals surface area contributed by atoms with Crippen molar-refractivity contribution >= 4 is 5.91 Å². The van der Waals surface area contributed by atoms with Crippen LogP contribution in [0.5, 0.6) is 0 Å². The molecule has 0 aromatic rings. The molecule has 1 saturated heterocycles. The number of carbonyl (C=O) groups is 1. The molecule has 1 aliphatic heterocycles. The van der Waals surface area contributed by atoms with Gasteiger partial charge in [-0.05, 0) is 39.9 Å². The van der Waals surface area contributed by atoms with E-state index in [9.17, 15) is 4.79 Å². The molecule has 0 aromatic carbocycles. The first-order chi connectivity index (χ1) is 7.06. The Hall–Kier alpha value is -0.610. The maximum absolute atomic E-state index is 12.2. The maximum atomic E-state index is 12.2. The first-order valence-corrected chi connectivity index (χ1v) is 5.67. The minimum absolute atomic E-state index is 0.00699. The molecule has 4 nitrogen and oxygen atoms in total. The van der Waals surface area contributed by atoms with Gasteiger partial charge < -0.3 is 10.2 Å². The Labute approximate surface area is 92.6 Å². The van der Waals surface area contributed by atoms with E-state index in [1.165, 1.54) is 0 Å². The molecule has 1 amide bonds. The molecule has 1 fully saturated rings. The van der Waals surface area contributed by atoms with Crippen molar-refractivity contribution in [1.82, 2.24) is 15.1 Å². The normalized spacial score (nSPS) is 28.3. The van der Waals surface area contributed by atoms with Crippen LogP contribution in [0.25, 0.3) is 0 Å². The molecule has 4 heteroatoms. The van der Waals surface area contributed by atoms with Gasteiger partial charge in [0.05, 0.1) is 12.7 Å². The highest BCUT2D eigenvalue weighted by atomic mass is 16.2. The minimum Gasteiger partial charge on any atom is -0.328 e. The number of likely N-dealkylation sites (tertiary alicyclic amines) is 1. The highest BCUT2D eigenvalue weighted by Crippen LogP contribution is 2.18. The Balaban J connectivity index is 2.69. The molecule has 0 aliphatic carbocycles. The molecular formula is C11H23N3O. The molecule has 0 bridgehead atoms. The first kappa shape index (κ1) is 12.5. The monoisotopic (exact) mass is 213 g/mol. The molecule has 15 heavy (non-hydrogen) atoms. The lowest BCUT2D eigenvalue weighted by molar-refractivity contribution is -0.135. The minimum atomic E-state index is -0.00699. The van der Waals surface area contributed by atoms with Crippen LogP contribution in [0.4, 0.5) is 0 Å². The summed E-state index contributed by atoms with van der Waals surface area (Å²) in [6.45, 7) is 3.77. The van der Waals surface area contributed by atoms with Gasteiger partial charge in [0.2, 0.25) is 5.91 Å². The Morgan fingerprint density at radius 3 is 2.73 bits per heavy atom. The van der Waals surface area contributed by atoms with Crippen molar-refractivity contribution in [1.29, 1.82) is 0 Å². The van der Waals surface area contributed by atoms with Gasteiger partial charge in [0, 0.05) is 6.54 Å². The van der Waals surface area contributed by atoms with Crippen LogP contribution in [0, 0.1) is 5.92 Å². The number of hydrogen-bond donors (Lipinski definition) is 1. The third-order valence-electron chi connectivity index (χ3n) is 3.00. The Bertz CT molecular complexity index is 218. The Morgan fingerprint density at radius 2 is 2.20 bits per heavy atom.